The van der Waals surface area contributed by atoms with Crippen LogP contribution in [0, 0.1) is 0 Å². The largest absolute Gasteiger partial charge is 0.497 e. The zero-order valence-corrected chi connectivity index (χ0v) is 14.7. The SMILES string of the molecule is C/C=C/C=C/C(=O)OCC(=O)Nc1nc(-c2ccc(OC)cc2)cs1. The summed E-state index contributed by atoms with van der Waals surface area (Å²) in [5.41, 5.74) is 1.66. The van der Waals surface area contributed by atoms with Crippen molar-refractivity contribution in [1.82, 2.24) is 4.98 Å². The predicted octanol–water partition coefficient (Wildman–Crippen LogP) is 3.43. The highest BCUT2D eigenvalue weighted by Gasteiger charge is 2.10. The van der Waals surface area contributed by atoms with Crippen molar-refractivity contribution in [3.63, 3.8) is 0 Å². The minimum Gasteiger partial charge on any atom is -0.497 e. The minimum absolute atomic E-state index is 0.365. The highest BCUT2D eigenvalue weighted by molar-refractivity contribution is 7.14. The van der Waals surface area contributed by atoms with Crippen molar-refractivity contribution in [1.29, 1.82) is 0 Å². The molecule has 1 heterocycles. The van der Waals surface area contributed by atoms with Crippen molar-refractivity contribution in [2.24, 2.45) is 0 Å². The number of anilines is 1. The molecule has 6 nitrogen and oxygen atoms in total. The van der Waals surface area contributed by atoms with E-state index in [0.717, 1.165) is 17.0 Å². The van der Waals surface area contributed by atoms with Crippen LogP contribution < -0.4 is 10.1 Å². The minimum atomic E-state index is -0.577. The molecule has 0 atom stereocenters. The number of carbonyl (C=O) groups is 2. The highest BCUT2D eigenvalue weighted by Crippen LogP contribution is 2.26. The summed E-state index contributed by atoms with van der Waals surface area (Å²) in [6.45, 7) is 1.47. The van der Waals surface area contributed by atoms with E-state index in [4.69, 9.17) is 9.47 Å². The molecule has 7 heteroatoms. The number of carbonyl (C=O) groups excluding carboxylic acids is 2. The quantitative estimate of drug-likeness (QED) is 0.466. The molecule has 0 aliphatic heterocycles. The average Bonchev–Trinajstić information content (AvgIpc) is 3.08. The molecule has 0 aliphatic rings. The van der Waals surface area contributed by atoms with Crippen molar-refractivity contribution >= 4 is 28.3 Å². The van der Waals surface area contributed by atoms with Gasteiger partial charge in [0.1, 0.15) is 5.75 Å². The van der Waals surface area contributed by atoms with Gasteiger partial charge in [-0.2, -0.15) is 0 Å². The number of methoxy groups -OCH3 is 1. The van der Waals surface area contributed by atoms with Gasteiger partial charge >= 0.3 is 5.97 Å². The van der Waals surface area contributed by atoms with Crippen LogP contribution in [0.15, 0.2) is 53.9 Å². The average molecular weight is 358 g/mol. The summed E-state index contributed by atoms with van der Waals surface area (Å²) in [4.78, 5) is 27.5. The number of thiazole rings is 1. The maximum atomic E-state index is 11.8. The number of nitrogens with one attached hydrogen (secondary N) is 1. The summed E-state index contributed by atoms with van der Waals surface area (Å²) in [6, 6.07) is 7.46. The number of amides is 1. The molecule has 2 aromatic rings. The van der Waals surface area contributed by atoms with Crippen LogP contribution in [0.3, 0.4) is 0 Å². The van der Waals surface area contributed by atoms with E-state index >= 15 is 0 Å². The Balaban J connectivity index is 1.87. The van der Waals surface area contributed by atoms with E-state index in [1.165, 1.54) is 17.4 Å². The Morgan fingerprint density at radius 1 is 1.24 bits per heavy atom. The Morgan fingerprint density at radius 3 is 2.68 bits per heavy atom. The van der Waals surface area contributed by atoms with Crippen molar-refractivity contribution in [3.8, 4) is 17.0 Å². The van der Waals surface area contributed by atoms with Gasteiger partial charge in [0.15, 0.2) is 11.7 Å². The fraction of sp³-hybridized carbons (Fsp3) is 0.167. The van der Waals surface area contributed by atoms with Gasteiger partial charge in [0.25, 0.3) is 5.91 Å². The molecule has 1 N–H and O–H groups in total. The first-order valence-electron chi connectivity index (χ1n) is 7.48. The molecule has 0 aliphatic carbocycles. The number of rotatable bonds is 7. The fourth-order valence-corrected chi connectivity index (χ4v) is 2.55. The number of benzene rings is 1. The lowest BCUT2D eigenvalue weighted by Crippen LogP contribution is -2.20. The zero-order valence-electron chi connectivity index (χ0n) is 13.9. The third-order valence-corrected chi connectivity index (χ3v) is 3.78. The summed E-state index contributed by atoms with van der Waals surface area (Å²) < 4.78 is 9.95. The van der Waals surface area contributed by atoms with Gasteiger partial charge in [0, 0.05) is 17.0 Å². The van der Waals surface area contributed by atoms with E-state index in [9.17, 15) is 9.59 Å². The van der Waals surface area contributed by atoms with E-state index in [0.29, 0.717) is 5.13 Å². The second-order valence-corrected chi connectivity index (χ2v) is 5.67. The first-order chi connectivity index (χ1) is 12.1. The Kier molecular flexibility index (Phi) is 6.91. The third-order valence-electron chi connectivity index (χ3n) is 3.02. The van der Waals surface area contributed by atoms with E-state index in [-0.39, 0.29) is 6.61 Å². The molecule has 0 spiro atoms. The number of esters is 1. The molecular formula is C18H18N2O4S. The van der Waals surface area contributed by atoms with Crippen LogP contribution in [0.2, 0.25) is 0 Å². The summed E-state index contributed by atoms with van der Waals surface area (Å²) in [7, 11) is 1.61. The molecule has 0 saturated heterocycles. The normalized spacial score (nSPS) is 11.0. The van der Waals surface area contributed by atoms with Crippen molar-refractivity contribution < 1.29 is 19.1 Å². The van der Waals surface area contributed by atoms with Gasteiger partial charge in [-0.3, -0.25) is 10.1 Å². The van der Waals surface area contributed by atoms with Crippen molar-refractivity contribution in [2.45, 2.75) is 6.92 Å². The molecule has 0 bridgehead atoms. The first-order valence-corrected chi connectivity index (χ1v) is 8.36. The number of allylic oxidation sites excluding steroid dienone is 3. The van der Waals surface area contributed by atoms with Gasteiger partial charge in [-0.25, -0.2) is 9.78 Å². The van der Waals surface area contributed by atoms with E-state index in [1.54, 1.807) is 25.3 Å². The Labute approximate surface area is 149 Å². The highest BCUT2D eigenvalue weighted by atomic mass is 32.1. The van der Waals surface area contributed by atoms with E-state index < -0.39 is 11.9 Å². The molecule has 1 aromatic carbocycles. The number of hydrogen-bond acceptors (Lipinski definition) is 6. The van der Waals surface area contributed by atoms with Gasteiger partial charge in [0.2, 0.25) is 0 Å². The monoisotopic (exact) mass is 358 g/mol. The van der Waals surface area contributed by atoms with Gasteiger partial charge in [0.05, 0.1) is 12.8 Å². The Bertz CT molecular complexity index is 779. The molecule has 0 fully saturated rings. The molecule has 2 rings (SSSR count). The van der Waals surface area contributed by atoms with Crippen LogP contribution in [-0.2, 0) is 14.3 Å². The second-order valence-electron chi connectivity index (χ2n) is 4.81. The summed E-state index contributed by atoms with van der Waals surface area (Å²) in [5.74, 6) is -0.257. The van der Waals surface area contributed by atoms with Gasteiger partial charge in [-0.15, -0.1) is 11.3 Å². The van der Waals surface area contributed by atoms with Crippen molar-refractivity contribution in [2.75, 3.05) is 19.0 Å². The maximum absolute atomic E-state index is 11.8. The maximum Gasteiger partial charge on any atom is 0.331 e. The van der Waals surface area contributed by atoms with Crippen LogP contribution in [0.1, 0.15) is 6.92 Å². The van der Waals surface area contributed by atoms with Crippen LogP contribution >= 0.6 is 11.3 Å². The number of ether oxygens (including phenoxy) is 2. The predicted molar refractivity (Wildman–Crippen MR) is 97.6 cm³/mol. The van der Waals surface area contributed by atoms with Crippen molar-refractivity contribution in [3.05, 3.63) is 53.9 Å². The number of nitrogens with zero attached hydrogens (tertiary/aromatic N) is 1. The summed E-state index contributed by atoms with van der Waals surface area (Å²) in [6.07, 6.45) is 6.26. The Morgan fingerprint density at radius 2 is 2.00 bits per heavy atom. The number of hydrogen-bond donors (Lipinski definition) is 1. The summed E-state index contributed by atoms with van der Waals surface area (Å²) in [5, 5.41) is 4.88. The molecule has 130 valence electrons. The topological polar surface area (TPSA) is 77.5 Å². The number of aromatic nitrogens is 1. The summed E-state index contributed by atoms with van der Waals surface area (Å²) >= 11 is 1.30. The Hall–Kier alpha value is -2.93. The molecule has 0 unspecified atom stereocenters. The van der Waals surface area contributed by atoms with E-state index in [1.807, 2.05) is 36.6 Å². The molecule has 0 saturated carbocycles. The zero-order chi connectivity index (χ0) is 18.1. The molecule has 0 radical (unpaired) electrons. The first kappa shape index (κ1) is 18.4. The van der Waals surface area contributed by atoms with Gasteiger partial charge in [-0.05, 0) is 31.2 Å². The van der Waals surface area contributed by atoms with Crippen LogP contribution in [0.4, 0.5) is 5.13 Å². The molecule has 1 aromatic heterocycles. The van der Waals surface area contributed by atoms with Crippen LogP contribution in [-0.4, -0.2) is 30.6 Å². The molecule has 1 amide bonds. The lowest BCUT2D eigenvalue weighted by Gasteiger charge is -2.02. The van der Waals surface area contributed by atoms with Crippen LogP contribution in [0.25, 0.3) is 11.3 Å². The molecular weight excluding hydrogens is 340 g/mol. The molecule has 25 heavy (non-hydrogen) atoms. The fourth-order valence-electron chi connectivity index (χ4n) is 1.81. The smallest absolute Gasteiger partial charge is 0.331 e. The van der Waals surface area contributed by atoms with Gasteiger partial charge in [-0.1, -0.05) is 18.2 Å². The van der Waals surface area contributed by atoms with E-state index in [2.05, 4.69) is 10.3 Å². The lowest BCUT2D eigenvalue weighted by atomic mass is 10.2. The second kappa shape index (κ2) is 9.39. The van der Waals surface area contributed by atoms with Crippen LogP contribution in [0.5, 0.6) is 5.75 Å². The third kappa shape index (κ3) is 5.89. The lowest BCUT2D eigenvalue weighted by molar-refractivity contribution is -0.142. The standard InChI is InChI=1S/C18H18N2O4S/c1-3-4-5-6-17(22)24-11-16(21)20-18-19-15(12-25-18)13-7-9-14(23-2)10-8-13/h3-10,12H,11H2,1-2H3,(H,19,20,21)/b4-3+,6-5+. The van der Waals surface area contributed by atoms with Gasteiger partial charge < -0.3 is 9.47 Å².